The maximum absolute atomic E-state index is 6.43. The van der Waals surface area contributed by atoms with Gasteiger partial charge in [-0.15, -0.1) is 4.57 Å². The van der Waals surface area contributed by atoms with Crippen molar-refractivity contribution in [1.29, 1.82) is 0 Å². The van der Waals surface area contributed by atoms with Crippen LogP contribution in [0.2, 0.25) is 5.21 Å². The predicted molar refractivity (Wildman–Crippen MR) is 254 cm³/mol. The average molecular weight is 928 g/mol. The van der Waals surface area contributed by atoms with Crippen LogP contribution in [-0.2, 0) is 0 Å². The van der Waals surface area contributed by atoms with Gasteiger partial charge in [0.1, 0.15) is 11.0 Å². The van der Waals surface area contributed by atoms with Gasteiger partial charge in [-0.1, -0.05) is 18.2 Å². The van der Waals surface area contributed by atoms with Crippen molar-refractivity contribution < 1.29 is 33.9 Å². The summed E-state index contributed by atoms with van der Waals surface area (Å²) < 4.78 is 6.18. The minimum Gasteiger partial charge on any atom is -1.00 e. The van der Waals surface area contributed by atoms with Crippen LogP contribution < -0.4 is 55.1 Å². The van der Waals surface area contributed by atoms with Gasteiger partial charge in [0.05, 0.1) is 0 Å². The topological polar surface area (TPSA) is 97.6 Å². The zero-order valence-corrected chi connectivity index (χ0v) is 39.9. The molecule has 0 saturated heterocycles. The molecule has 0 spiro atoms. The third-order valence-electron chi connectivity index (χ3n) is 12.1. The van der Waals surface area contributed by atoms with Crippen molar-refractivity contribution in [3.63, 3.8) is 0 Å². The fourth-order valence-electron chi connectivity index (χ4n) is 8.58. The van der Waals surface area contributed by atoms with Gasteiger partial charge in [0.2, 0.25) is 16.7 Å². The Morgan fingerprint density at radius 2 is 0.968 bits per heavy atom. The van der Waals surface area contributed by atoms with E-state index in [-0.39, 0.29) is 40.6 Å². The molecule has 0 aliphatic carbocycles. The number of benzene rings is 6. The summed E-state index contributed by atoms with van der Waals surface area (Å²) in [4.78, 5) is 10.2. The number of hydrogen-bond donors (Lipinski definition) is 3. The third kappa shape index (κ3) is 10.3. The first-order valence-electron chi connectivity index (χ1n) is 21.9. The van der Waals surface area contributed by atoms with E-state index in [1.807, 2.05) is 6.92 Å². The number of nitrogens with one attached hydrogen (secondary N) is 1. The number of hydrogen-bond acceptors (Lipinski definition) is 5. The van der Waals surface area contributed by atoms with Crippen molar-refractivity contribution in [3.8, 4) is 11.4 Å². The molecule has 0 aliphatic heterocycles. The van der Waals surface area contributed by atoms with E-state index < -0.39 is 0 Å². The van der Waals surface area contributed by atoms with Crippen molar-refractivity contribution in [3.05, 3.63) is 131 Å². The number of nitrogen functional groups attached to an aromatic ring is 2. The molecule has 7 nitrogen and oxygen atoms in total. The van der Waals surface area contributed by atoms with E-state index in [4.69, 9.17) is 21.4 Å². The van der Waals surface area contributed by atoms with E-state index in [0.717, 1.165) is 79.0 Å². The normalized spacial score (nSPS) is 11.5. The molecule has 0 atom stereocenters. The van der Waals surface area contributed by atoms with Gasteiger partial charge in [-0.25, -0.2) is 4.98 Å². The first kappa shape index (κ1) is 46.6. The molecule has 2 heterocycles. The fraction of sp³-hybridized carbons (Fsp3) is 0.308. The molecule has 10 heteroatoms. The summed E-state index contributed by atoms with van der Waals surface area (Å²) in [6, 6.07) is 38.6. The number of rotatable bonds is 17. The molecule has 1 radical (unpaired) electrons. The quantitative estimate of drug-likeness (QED) is 0.0401. The maximum Gasteiger partial charge on any atom is 0.239 e. The van der Waals surface area contributed by atoms with Crippen molar-refractivity contribution in [1.82, 2.24) is 9.97 Å². The zero-order valence-electron chi connectivity index (χ0n) is 36.5. The number of anilines is 3. The molecule has 0 amide bonds. The number of fused-ring (bicyclic) bond motifs is 4. The summed E-state index contributed by atoms with van der Waals surface area (Å²) in [5.41, 5.74) is 30.8. The molecular formula is C52H59AsCl2N7. The van der Waals surface area contributed by atoms with Crippen molar-refractivity contribution in [2.75, 3.05) is 23.3 Å². The zero-order chi connectivity index (χ0) is 41.6. The molecule has 0 unspecified atom stereocenters. The Hall–Kier alpha value is -4.94. The Morgan fingerprint density at radius 1 is 0.500 bits per heavy atom. The van der Waals surface area contributed by atoms with Gasteiger partial charge in [-0.3, -0.25) is 0 Å². The van der Waals surface area contributed by atoms with Crippen molar-refractivity contribution in [2.45, 2.75) is 97.1 Å². The minimum absolute atomic E-state index is 0. The SMILES string of the molecule is Cc1cc2nc3cc(C)c(NCCCCCCCCCCCC[As]c4ccc5nc6cc(C)c(N)cc6[n+](-c6ccccc6)c5c4C)cc3[n+](-c3ccccc3)c2cc1N.[Cl-].[Cl-]. The summed E-state index contributed by atoms with van der Waals surface area (Å²) in [7, 11) is 0. The van der Waals surface area contributed by atoms with Gasteiger partial charge in [-0.2, -0.15) is 0 Å². The Morgan fingerprint density at radius 3 is 1.55 bits per heavy atom. The van der Waals surface area contributed by atoms with Crippen LogP contribution in [0.25, 0.3) is 55.5 Å². The van der Waals surface area contributed by atoms with Crippen molar-refractivity contribution in [2.24, 2.45) is 0 Å². The standard InChI is InChI=1S/C52H57AsN7.2ClH/c1-35-29-46-49(32-42(35)54)59(39-21-15-13-16-22-39)51-34-45(37(3)31-48(51)58-46)56-28-20-12-10-8-6-5-7-9-11-19-27-53-41-25-26-44-52(38(41)4)60(40-23-17-14-18-24-40)50-33-43(55)36(2)30-47(50)57-44;;/h13-18,21-26,29-34,55H,5-12,19-20,27-28H2,1-4H3,(H2,54,56);2*1H. The van der Waals surface area contributed by atoms with Crippen LogP contribution >= 0.6 is 0 Å². The van der Waals surface area contributed by atoms with E-state index in [9.17, 15) is 0 Å². The van der Waals surface area contributed by atoms with Crippen LogP contribution in [0, 0.1) is 27.7 Å². The first-order chi connectivity index (χ1) is 29.3. The maximum atomic E-state index is 6.43. The van der Waals surface area contributed by atoms with Crippen LogP contribution in [0.5, 0.6) is 0 Å². The molecule has 62 heavy (non-hydrogen) atoms. The molecule has 0 aliphatic rings. The van der Waals surface area contributed by atoms with E-state index in [0.29, 0.717) is 0 Å². The Balaban J connectivity index is 0.00000321. The first-order valence-corrected chi connectivity index (χ1v) is 24.2. The predicted octanol–water partition coefficient (Wildman–Crippen LogP) is 4.81. The van der Waals surface area contributed by atoms with E-state index in [1.54, 1.807) is 0 Å². The van der Waals surface area contributed by atoms with Gasteiger partial charge in [-0.05, 0) is 37.1 Å². The third-order valence-corrected chi connectivity index (χ3v) is 14.9. The molecule has 0 bridgehead atoms. The van der Waals surface area contributed by atoms with Crippen LogP contribution in [0.3, 0.4) is 0 Å². The Kier molecular flexibility index (Phi) is 16.1. The largest absolute Gasteiger partial charge is 1.00 e. The number of para-hydroxylation sites is 2. The monoisotopic (exact) mass is 926 g/mol. The smallest absolute Gasteiger partial charge is 0.239 e. The van der Waals surface area contributed by atoms with Crippen LogP contribution in [0.15, 0.2) is 109 Å². The van der Waals surface area contributed by atoms with Crippen molar-refractivity contribution >= 4 is 81.3 Å². The summed E-state index contributed by atoms with van der Waals surface area (Å²) in [5.74, 6) is 0. The molecule has 8 aromatic rings. The average Bonchev–Trinajstić information content (AvgIpc) is 3.25. The fourth-order valence-corrected chi connectivity index (χ4v) is 11.0. The summed E-state index contributed by atoms with van der Waals surface area (Å²) >= 11 is 0.0991. The molecule has 321 valence electrons. The second-order valence-electron chi connectivity index (χ2n) is 16.5. The second-order valence-corrected chi connectivity index (χ2v) is 19.2. The van der Waals surface area contributed by atoms with Gasteiger partial charge in [0.15, 0.2) is 0 Å². The summed E-state index contributed by atoms with van der Waals surface area (Å²) in [6.07, 6.45) is 13.1. The Labute approximate surface area is 386 Å². The number of unbranched alkanes of at least 4 members (excludes halogenated alkanes) is 9. The molecule has 0 fully saturated rings. The molecule has 0 saturated carbocycles. The van der Waals surface area contributed by atoms with Gasteiger partial charge >= 0.3 is 224 Å². The number of halogens is 2. The van der Waals surface area contributed by atoms with Gasteiger partial charge in [0, 0.05) is 35.6 Å². The van der Waals surface area contributed by atoms with E-state index >= 15 is 0 Å². The number of aromatic nitrogens is 4. The molecular weight excluding hydrogens is 868 g/mol. The van der Waals surface area contributed by atoms with E-state index in [2.05, 4.69) is 144 Å². The molecule has 5 N–H and O–H groups in total. The van der Waals surface area contributed by atoms with E-state index in [1.165, 1.54) is 96.1 Å². The van der Waals surface area contributed by atoms with Gasteiger partial charge in [0.25, 0.3) is 0 Å². The van der Waals surface area contributed by atoms with Crippen LogP contribution in [-0.4, -0.2) is 32.3 Å². The number of nitrogens with zero attached hydrogens (tertiary/aromatic N) is 4. The van der Waals surface area contributed by atoms with Gasteiger partial charge < -0.3 is 35.9 Å². The molecule has 8 rings (SSSR count). The van der Waals surface area contributed by atoms with Crippen LogP contribution in [0.1, 0.15) is 86.5 Å². The van der Waals surface area contributed by atoms with Crippen LogP contribution in [0.4, 0.5) is 17.1 Å². The second kappa shape index (κ2) is 21.4. The summed E-state index contributed by atoms with van der Waals surface area (Å²) in [5, 5.41) is 5.07. The number of aryl methyl sites for hydroxylation is 4. The molecule has 2 aromatic heterocycles. The summed E-state index contributed by atoms with van der Waals surface area (Å²) in [6.45, 7) is 9.54. The molecule has 6 aromatic carbocycles. The Bertz CT molecular complexity index is 2770. The number of nitrogens with two attached hydrogens (primary N) is 2. The minimum atomic E-state index is 0.